The number of hydrogen-bond acceptors (Lipinski definition) is 4. The molecule has 5 heteroatoms. The van der Waals surface area contributed by atoms with Gasteiger partial charge in [0.05, 0.1) is 0 Å². The summed E-state index contributed by atoms with van der Waals surface area (Å²) in [5, 5.41) is 18.2. The quantitative estimate of drug-likeness (QED) is 0.509. The van der Waals surface area contributed by atoms with Crippen LogP contribution in [0.4, 0.5) is 0 Å². The maximum atomic E-state index is 9.21. The molecule has 0 fully saturated rings. The van der Waals surface area contributed by atoms with E-state index in [0.29, 0.717) is 12.4 Å². The van der Waals surface area contributed by atoms with Gasteiger partial charge in [-0.25, -0.2) is 4.98 Å². The molecule has 1 unspecified atom stereocenters. The normalized spacial score (nSPS) is 13.4. The van der Waals surface area contributed by atoms with Gasteiger partial charge in [0.2, 0.25) is 0 Å². The Labute approximate surface area is 58.5 Å². The van der Waals surface area contributed by atoms with E-state index in [1.54, 1.807) is 7.05 Å². The zero-order valence-corrected chi connectivity index (χ0v) is 5.70. The second-order valence-corrected chi connectivity index (χ2v) is 1.94. The third-order valence-electron chi connectivity index (χ3n) is 1.15. The molecule has 0 amide bonds. The summed E-state index contributed by atoms with van der Waals surface area (Å²) in [6.45, 7) is 0.481. The fraction of sp³-hybridized carbons (Fsp3) is 0.600. The number of aromatic amines is 1. The van der Waals surface area contributed by atoms with Gasteiger partial charge in [-0.05, 0) is 7.05 Å². The van der Waals surface area contributed by atoms with Crippen molar-refractivity contribution >= 4 is 0 Å². The topological polar surface area (TPSA) is 73.8 Å². The van der Waals surface area contributed by atoms with Crippen molar-refractivity contribution < 1.29 is 5.11 Å². The molecule has 0 radical (unpaired) electrons. The molecule has 1 aromatic rings. The molecule has 0 aliphatic carbocycles. The van der Waals surface area contributed by atoms with E-state index in [-0.39, 0.29) is 0 Å². The molecule has 0 bridgehead atoms. The summed E-state index contributed by atoms with van der Waals surface area (Å²) in [4.78, 5) is 3.78. The van der Waals surface area contributed by atoms with Crippen molar-refractivity contribution in [2.24, 2.45) is 0 Å². The Morgan fingerprint density at radius 1 is 1.90 bits per heavy atom. The highest BCUT2D eigenvalue weighted by Crippen LogP contribution is 2.01. The smallest absolute Gasteiger partial charge is 0.154 e. The second kappa shape index (κ2) is 3.28. The Bertz CT molecular complexity index is 174. The van der Waals surface area contributed by atoms with Crippen molar-refractivity contribution in [1.29, 1.82) is 0 Å². The highest BCUT2D eigenvalue weighted by Gasteiger charge is 2.07. The lowest BCUT2D eigenvalue weighted by molar-refractivity contribution is 0.168. The van der Waals surface area contributed by atoms with Gasteiger partial charge >= 0.3 is 0 Å². The van der Waals surface area contributed by atoms with Gasteiger partial charge in [0.1, 0.15) is 12.4 Å². The van der Waals surface area contributed by atoms with E-state index in [0.717, 1.165) is 0 Å². The maximum absolute atomic E-state index is 9.21. The summed E-state index contributed by atoms with van der Waals surface area (Å²) in [5.41, 5.74) is 0. The van der Waals surface area contributed by atoms with Crippen molar-refractivity contribution in [3.8, 4) is 0 Å². The highest BCUT2D eigenvalue weighted by molar-refractivity contribution is 4.86. The second-order valence-electron chi connectivity index (χ2n) is 1.94. The van der Waals surface area contributed by atoms with Crippen LogP contribution in [0.15, 0.2) is 6.33 Å². The molecule has 1 atom stereocenters. The maximum Gasteiger partial charge on any atom is 0.154 e. The van der Waals surface area contributed by atoms with Crippen LogP contribution in [0.5, 0.6) is 0 Å². The fourth-order valence-corrected chi connectivity index (χ4v) is 0.666. The number of likely N-dealkylation sites (N-methyl/N-ethyl adjacent to an activating group) is 1. The summed E-state index contributed by atoms with van der Waals surface area (Å²) in [5.74, 6) is 0.495. The first-order valence-corrected chi connectivity index (χ1v) is 3.02. The molecule has 10 heavy (non-hydrogen) atoms. The molecule has 5 nitrogen and oxygen atoms in total. The number of aromatic nitrogens is 3. The lowest BCUT2D eigenvalue weighted by Crippen LogP contribution is -2.17. The average Bonchev–Trinajstić information content (AvgIpc) is 2.38. The summed E-state index contributed by atoms with van der Waals surface area (Å²) in [7, 11) is 1.76. The van der Waals surface area contributed by atoms with Crippen LogP contribution in [-0.4, -0.2) is 33.9 Å². The van der Waals surface area contributed by atoms with E-state index in [9.17, 15) is 5.11 Å². The van der Waals surface area contributed by atoms with Gasteiger partial charge in [0.15, 0.2) is 5.82 Å². The van der Waals surface area contributed by atoms with Gasteiger partial charge in [-0.3, -0.25) is 5.10 Å². The number of hydrogen-bond donors (Lipinski definition) is 3. The highest BCUT2D eigenvalue weighted by atomic mass is 16.3. The molecule has 1 heterocycles. The van der Waals surface area contributed by atoms with Crippen molar-refractivity contribution in [3.63, 3.8) is 0 Å². The standard InChI is InChI=1S/C5H10N4O/c1-6-2-4(10)5-7-3-8-9-5/h3-4,6,10H,2H2,1H3,(H,7,8,9). The summed E-state index contributed by atoms with van der Waals surface area (Å²) in [6, 6.07) is 0. The Hall–Kier alpha value is -0.940. The Balaban J connectivity index is 2.50. The van der Waals surface area contributed by atoms with Gasteiger partial charge in [0.25, 0.3) is 0 Å². The van der Waals surface area contributed by atoms with E-state index in [1.807, 2.05) is 0 Å². The van der Waals surface area contributed by atoms with Gasteiger partial charge in [-0.15, -0.1) is 0 Å². The van der Waals surface area contributed by atoms with E-state index in [2.05, 4.69) is 20.5 Å². The van der Waals surface area contributed by atoms with Crippen molar-refractivity contribution in [3.05, 3.63) is 12.2 Å². The van der Waals surface area contributed by atoms with Crippen LogP contribution in [0, 0.1) is 0 Å². The predicted molar refractivity (Wildman–Crippen MR) is 35.3 cm³/mol. The third kappa shape index (κ3) is 1.52. The van der Waals surface area contributed by atoms with Gasteiger partial charge < -0.3 is 10.4 Å². The van der Waals surface area contributed by atoms with Crippen molar-refractivity contribution in [2.75, 3.05) is 13.6 Å². The molecule has 0 aromatic carbocycles. The largest absolute Gasteiger partial charge is 0.384 e. The SMILES string of the molecule is CNCC(O)c1ncn[nH]1. The molecule has 1 aromatic heterocycles. The molecule has 3 N–H and O–H groups in total. The molecule has 0 saturated carbocycles. The molecule has 0 aliphatic heterocycles. The van der Waals surface area contributed by atoms with Crippen LogP contribution in [0.2, 0.25) is 0 Å². The summed E-state index contributed by atoms with van der Waals surface area (Å²) >= 11 is 0. The van der Waals surface area contributed by atoms with Crippen LogP contribution in [0.3, 0.4) is 0 Å². The van der Waals surface area contributed by atoms with Crippen LogP contribution in [-0.2, 0) is 0 Å². The Morgan fingerprint density at radius 2 is 2.70 bits per heavy atom. The molecule has 0 saturated heterocycles. The lowest BCUT2D eigenvalue weighted by atomic mass is 10.3. The minimum absolute atomic E-state index is 0.481. The molecule has 56 valence electrons. The molecule has 0 aliphatic rings. The zero-order chi connectivity index (χ0) is 7.40. The van der Waals surface area contributed by atoms with Crippen molar-refractivity contribution in [1.82, 2.24) is 20.5 Å². The van der Waals surface area contributed by atoms with Crippen LogP contribution >= 0.6 is 0 Å². The first kappa shape index (κ1) is 7.17. The van der Waals surface area contributed by atoms with Gasteiger partial charge in [-0.1, -0.05) is 0 Å². The molecule has 1 rings (SSSR count). The van der Waals surface area contributed by atoms with Crippen molar-refractivity contribution in [2.45, 2.75) is 6.10 Å². The Kier molecular flexibility index (Phi) is 2.35. The number of aliphatic hydroxyl groups is 1. The van der Waals surface area contributed by atoms with Crippen LogP contribution in [0.1, 0.15) is 11.9 Å². The first-order chi connectivity index (χ1) is 4.84. The van der Waals surface area contributed by atoms with E-state index in [4.69, 9.17) is 0 Å². The third-order valence-corrected chi connectivity index (χ3v) is 1.15. The van der Waals surface area contributed by atoms with E-state index >= 15 is 0 Å². The van der Waals surface area contributed by atoms with E-state index in [1.165, 1.54) is 6.33 Å². The number of nitrogens with one attached hydrogen (secondary N) is 2. The van der Waals surface area contributed by atoms with Crippen LogP contribution < -0.4 is 5.32 Å². The molecule has 0 spiro atoms. The first-order valence-electron chi connectivity index (χ1n) is 3.02. The van der Waals surface area contributed by atoms with E-state index < -0.39 is 6.10 Å². The fourth-order valence-electron chi connectivity index (χ4n) is 0.666. The van der Waals surface area contributed by atoms with Gasteiger partial charge in [-0.2, -0.15) is 5.10 Å². The van der Waals surface area contributed by atoms with Gasteiger partial charge in [0, 0.05) is 6.54 Å². The zero-order valence-electron chi connectivity index (χ0n) is 5.70. The van der Waals surface area contributed by atoms with Crippen LogP contribution in [0.25, 0.3) is 0 Å². The summed E-state index contributed by atoms with van der Waals surface area (Å²) < 4.78 is 0. The monoisotopic (exact) mass is 142 g/mol. The number of H-pyrrole nitrogens is 1. The Morgan fingerprint density at radius 3 is 3.20 bits per heavy atom. The molecular weight excluding hydrogens is 132 g/mol. The minimum atomic E-state index is -0.590. The number of nitrogens with zero attached hydrogens (tertiary/aromatic N) is 2. The number of aliphatic hydroxyl groups excluding tert-OH is 1. The summed E-state index contributed by atoms with van der Waals surface area (Å²) in [6.07, 6.45) is 0.779. The lowest BCUT2D eigenvalue weighted by Gasteiger charge is -2.03. The average molecular weight is 142 g/mol. The minimum Gasteiger partial charge on any atom is -0.384 e. The predicted octanol–water partition coefficient (Wildman–Crippen LogP) is -0.943. The number of rotatable bonds is 3. The molecular formula is C5H10N4O.